The molecule has 1 unspecified atom stereocenters. The topological polar surface area (TPSA) is 46.2 Å². The second-order valence-corrected chi connectivity index (χ2v) is 4.29. The molecule has 0 saturated carbocycles. The van der Waals surface area contributed by atoms with Crippen LogP contribution >= 0.6 is 11.8 Å². The number of nitrogens with two attached hydrogens (primary N) is 1. The molecule has 0 amide bonds. The zero-order chi connectivity index (χ0) is 11.3. The van der Waals surface area contributed by atoms with Crippen LogP contribution in [0.4, 0.5) is 8.78 Å². The Labute approximate surface area is 91.5 Å². The van der Waals surface area contributed by atoms with Crippen molar-refractivity contribution >= 4 is 11.8 Å². The van der Waals surface area contributed by atoms with Crippen molar-refractivity contribution in [2.24, 2.45) is 5.73 Å². The molecule has 5 heteroatoms. The number of aliphatic hydroxyl groups is 1. The number of thioether (sulfide) groups is 1. The minimum Gasteiger partial charge on any atom is -0.395 e. The highest BCUT2D eigenvalue weighted by atomic mass is 32.2. The molecule has 0 aliphatic heterocycles. The van der Waals surface area contributed by atoms with E-state index in [0.29, 0.717) is 17.1 Å². The standard InChI is InChI=1S/C10H13F2NOS/c11-7-1-2-10(9(12)5-7)15-4-3-8(13)6-14/h1-2,5,8,14H,3-4,6,13H2. The first kappa shape index (κ1) is 12.4. The van der Waals surface area contributed by atoms with Crippen molar-refractivity contribution < 1.29 is 13.9 Å². The quantitative estimate of drug-likeness (QED) is 0.762. The van der Waals surface area contributed by atoms with Gasteiger partial charge in [-0.3, -0.25) is 0 Å². The SMILES string of the molecule is NC(CO)CCSc1ccc(F)cc1F. The molecule has 3 N–H and O–H groups in total. The molecule has 1 aromatic rings. The molecular weight excluding hydrogens is 220 g/mol. The van der Waals surface area contributed by atoms with Gasteiger partial charge in [0, 0.05) is 17.0 Å². The number of hydrogen-bond acceptors (Lipinski definition) is 3. The first-order chi connectivity index (χ1) is 7.13. The van der Waals surface area contributed by atoms with Gasteiger partial charge in [-0.1, -0.05) is 0 Å². The van der Waals surface area contributed by atoms with E-state index in [2.05, 4.69) is 0 Å². The molecule has 1 rings (SSSR count). The molecule has 84 valence electrons. The lowest BCUT2D eigenvalue weighted by Crippen LogP contribution is -2.24. The van der Waals surface area contributed by atoms with Crippen molar-refractivity contribution in [1.82, 2.24) is 0 Å². The fraction of sp³-hybridized carbons (Fsp3) is 0.400. The van der Waals surface area contributed by atoms with Crippen LogP contribution in [0.2, 0.25) is 0 Å². The minimum absolute atomic E-state index is 0.0769. The van der Waals surface area contributed by atoms with Gasteiger partial charge in [-0.05, 0) is 24.3 Å². The van der Waals surface area contributed by atoms with E-state index in [4.69, 9.17) is 10.8 Å². The van der Waals surface area contributed by atoms with E-state index in [-0.39, 0.29) is 12.6 Å². The monoisotopic (exact) mass is 233 g/mol. The van der Waals surface area contributed by atoms with Gasteiger partial charge in [-0.25, -0.2) is 8.78 Å². The Kier molecular flexibility index (Phi) is 5.01. The summed E-state index contributed by atoms with van der Waals surface area (Å²) in [5.41, 5.74) is 5.48. The lowest BCUT2D eigenvalue weighted by molar-refractivity contribution is 0.264. The Balaban J connectivity index is 2.44. The summed E-state index contributed by atoms with van der Waals surface area (Å²) in [5, 5.41) is 8.67. The Morgan fingerprint density at radius 3 is 2.73 bits per heavy atom. The minimum atomic E-state index is -0.580. The third-order valence-corrected chi connectivity index (χ3v) is 2.96. The molecule has 0 aliphatic carbocycles. The highest BCUT2D eigenvalue weighted by molar-refractivity contribution is 7.99. The van der Waals surface area contributed by atoms with Crippen molar-refractivity contribution in [2.45, 2.75) is 17.4 Å². The molecule has 0 heterocycles. The summed E-state index contributed by atoms with van der Waals surface area (Å²) in [6, 6.07) is 3.20. The van der Waals surface area contributed by atoms with E-state index >= 15 is 0 Å². The van der Waals surface area contributed by atoms with Crippen LogP contribution < -0.4 is 5.73 Å². The van der Waals surface area contributed by atoms with Crippen LogP contribution in [-0.4, -0.2) is 23.5 Å². The van der Waals surface area contributed by atoms with Gasteiger partial charge in [0.25, 0.3) is 0 Å². The van der Waals surface area contributed by atoms with Gasteiger partial charge >= 0.3 is 0 Å². The first-order valence-corrected chi connectivity index (χ1v) is 5.56. The molecule has 0 radical (unpaired) electrons. The van der Waals surface area contributed by atoms with E-state index in [0.717, 1.165) is 6.07 Å². The lowest BCUT2D eigenvalue weighted by atomic mass is 10.3. The van der Waals surface area contributed by atoms with Crippen LogP contribution in [-0.2, 0) is 0 Å². The van der Waals surface area contributed by atoms with Crippen molar-refractivity contribution in [3.8, 4) is 0 Å². The molecular formula is C10H13F2NOS. The Morgan fingerprint density at radius 1 is 1.40 bits per heavy atom. The summed E-state index contributed by atoms with van der Waals surface area (Å²) in [4.78, 5) is 0.404. The molecule has 0 fully saturated rings. The zero-order valence-electron chi connectivity index (χ0n) is 8.12. The normalized spacial score (nSPS) is 12.8. The average molecular weight is 233 g/mol. The van der Waals surface area contributed by atoms with Crippen molar-refractivity contribution in [1.29, 1.82) is 0 Å². The Morgan fingerprint density at radius 2 is 2.13 bits per heavy atom. The Hall–Kier alpha value is -0.650. The maximum atomic E-state index is 13.1. The zero-order valence-corrected chi connectivity index (χ0v) is 8.94. The Bertz CT molecular complexity index is 322. The predicted molar refractivity (Wildman–Crippen MR) is 56.8 cm³/mol. The number of aliphatic hydroxyl groups excluding tert-OH is 1. The van der Waals surface area contributed by atoms with E-state index in [9.17, 15) is 8.78 Å². The van der Waals surface area contributed by atoms with Gasteiger partial charge in [-0.15, -0.1) is 11.8 Å². The maximum Gasteiger partial charge on any atom is 0.139 e. The van der Waals surface area contributed by atoms with Crippen LogP contribution in [0.1, 0.15) is 6.42 Å². The summed E-state index contributed by atoms with van der Waals surface area (Å²) in [6.45, 7) is -0.0769. The van der Waals surface area contributed by atoms with E-state index in [1.54, 1.807) is 0 Å². The predicted octanol–water partition coefficient (Wildman–Crippen LogP) is 1.77. The molecule has 0 aliphatic rings. The maximum absolute atomic E-state index is 13.1. The fourth-order valence-electron chi connectivity index (χ4n) is 1.00. The van der Waals surface area contributed by atoms with Gasteiger partial charge in [0.2, 0.25) is 0 Å². The van der Waals surface area contributed by atoms with Crippen LogP contribution in [0.15, 0.2) is 23.1 Å². The molecule has 0 spiro atoms. The molecule has 0 aromatic heterocycles. The highest BCUT2D eigenvalue weighted by Crippen LogP contribution is 2.23. The van der Waals surface area contributed by atoms with Gasteiger partial charge in [0.15, 0.2) is 0 Å². The van der Waals surface area contributed by atoms with Gasteiger partial charge < -0.3 is 10.8 Å². The van der Waals surface area contributed by atoms with Crippen LogP contribution in [0, 0.1) is 11.6 Å². The van der Waals surface area contributed by atoms with Gasteiger partial charge in [-0.2, -0.15) is 0 Å². The molecule has 15 heavy (non-hydrogen) atoms. The largest absolute Gasteiger partial charge is 0.395 e. The molecule has 1 aromatic carbocycles. The molecule has 0 bridgehead atoms. The number of hydrogen-bond donors (Lipinski definition) is 2. The van der Waals surface area contributed by atoms with Crippen LogP contribution in [0.3, 0.4) is 0 Å². The average Bonchev–Trinajstić information content (AvgIpc) is 2.21. The van der Waals surface area contributed by atoms with Crippen molar-refractivity contribution in [3.05, 3.63) is 29.8 Å². The van der Waals surface area contributed by atoms with Gasteiger partial charge in [0.05, 0.1) is 6.61 Å². The van der Waals surface area contributed by atoms with E-state index < -0.39 is 11.6 Å². The van der Waals surface area contributed by atoms with E-state index in [1.165, 1.54) is 23.9 Å². The summed E-state index contributed by atoms with van der Waals surface area (Å²) >= 11 is 1.27. The van der Waals surface area contributed by atoms with Crippen molar-refractivity contribution in [2.75, 3.05) is 12.4 Å². The molecule has 1 atom stereocenters. The number of benzene rings is 1. The summed E-state index contributed by atoms with van der Waals surface area (Å²) in [7, 11) is 0. The third kappa shape index (κ3) is 4.15. The summed E-state index contributed by atoms with van der Waals surface area (Å²) in [6.07, 6.45) is 0.595. The third-order valence-electron chi connectivity index (χ3n) is 1.87. The fourth-order valence-corrected chi connectivity index (χ4v) is 2.01. The number of rotatable bonds is 5. The molecule has 0 saturated heterocycles. The van der Waals surface area contributed by atoms with Gasteiger partial charge in [0.1, 0.15) is 11.6 Å². The van der Waals surface area contributed by atoms with Crippen molar-refractivity contribution in [3.63, 3.8) is 0 Å². The van der Waals surface area contributed by atoms with E-state index in [1.807, 2.05) is 0 Å². The number of halogens is 2. The summed E-state index contributed by atoms with van der Waals surface area (Å²) in [5.74, 6) is -0.536. The second-order valence-electron chi connectivity index (χ2n) is 3.15. The van der Waals surface area contributed by atoms with Crippen LogP contribution in [0.25, 0.3) is 0 Å². The molecule has 2 nitrogen and oxygen atoms in total. The highest BCUT2D eigenvalue weighted by Gasteiger charge is 2.05. The summed E-state index contributed by atoms with van der Waals surface area (Å²) < 4.78 is 25.7. The first-order valence-electron chi connectivity index (χ1n) is 4.57. The lowest BCUT2D eigenvalue weighted by Gasteiger charge is -2.07. The smallest absolute Gasteiger partial charge is 0.139 e. The second kappa shape index (κ2) is 6.05. The van der Waals surface area contributed by atoms with Crippen LogP contribution in [0.5, 0.6) is 0 Å².